The number of hydrogen-bond acceptors (Lipinski definition) is 4. The Morgan fingerprint density at radius 1 is 1.07 bits per heavy atom. The van der Waals surface area contributed by atoms with Gasteiger partial charge in [0.1, 0.15) is 5.75 Å². The molecule has 1 fully saturated rings. The molecule has 0 saturated carbocycles. The molecular formula is C23H26N2O4. The van der Waals surface area contributed by atoms with Crippen molar-refractivity contribution in [3.05, 3.63) is 65.2 Å². The highest BCUT2D eigenvalue weighted by atomic mass is 16.5. The number of ether oxygens (including phenoxy) is 2. The normalized spacial score (nSPS) is 18.9. The Hall–Kier alpha value is -2.86. The lowest BCUT2D eigenvalue weighted by Crippen LogP contribution is -2.43. The first kappa shape index (κ1) is 19.5. The minimum atomic E-state index is -0.143. The lowest BCUT2D eigenvalue weighted by Gasteiger charge is -2.37. The van der Waals surface area contributed by atoms with E-state index >= 15 is 0 Å². The molecule has 1 unspecified atom stereocenters. The van der Waals surface area contributed by atoms with Crippen LogP contribution in [0.2, 0.25) is 0 Å². The van der Waals surface area contributed by atoms with Gasteiger partial charge in [-0.05, 0) is 35.2 Å². The molecule has 0 radical (unpaired) electrons. The maximum Gasteiger partial charge on any atom is 0.260 e. The van der Waals surface area contributed by atoms with E-state index in [1.807, 2.05) is 47.4 Å². The van der Waals surface area contributed by atoms with Crippen molar-refractivity contribution in [3.8, 4) is 5.75 Å². The summed E-state index contributed by atoms with van der Waals surface area (Å²) in [7, 11) is 0. The van der Waals surface area contributed by atoms with Crippen molar-refractivity contribution in [3.63, 3.8) is 0 Å². The van der Waals surface area contributed by atoms with Gasteiger partial charge in [0.15, 0.2) is 6.61 Å². The first-order valence-electron chi connectivity index (χ1n) is 10.1. The molecule has 0 N–H and O–H groups in total. The average molecular weight is 394 g/mol. The summed E-state index contributed by atoms with van der Waals surface area (Å²) in [5.41, 5.74) is 3.35. The predicted molar refractivity (Wildman–Crippen MR) is 109 cm³/mol. The summed E-state index contributed by atoms with van der Waals surface area (Å²) in [4.78, 5) is 28.4. The van der Waals surface area contributed by atoms with Crippen molar-refractivity contribution >= 4 is 11.8 Å². The highest BCUT2D eigenvalue weighted by Gasteiger charge is 2.30. The number of amides is 2. The van der Waals surface area contributed by atoms with Crippen molar-refractivity contribution < 1.29 is 19.1 Å². The summed E-state index contributed by atoms with van der Waals surface area (Å²) in [6.07, 6.45) is 0.811. The second-order valence-electron chi connectivity index (χ2n) is 7.42. The van der Waals surface area contributed by atoms with Crippen LogP contribution in [0.15, 0.2) is 48.5 Å². The molecule has 6 nitrogen and oxygen atoms in total. The lowest BCUT2D eigenvalue weighted by molar-refractivity contribution is -0.137. The standard InChI is InChI=1S/C23H26N2O4/c1-17(26)25-10-9-18-7-8-20(29-16-22(27)24-11-13-28-14-12-24)15-21(18)23(25)19-5-3-2-4-6-19/h2-8,15,23H,9-14,16H2,1H3. The van der Waals surface area contributed by atoms with Crippen molar-refractivity contribution in [2.45, 2.75) is 19.4 Å². The summed E-state index contributed by atoms with van der Waals surface area (Å²) >= 11 is 0. The summed E-state index contributed by atoms with van der Waals surface area (Å²) in [5, 5.41) is 0. The molecule has 6 heteroatoms. The topological polar surface area (TPSA) is 59.1 Å². The summed E-state index contributed by atoms with van der Waals surface area (Å²) in [6, 6.07) is 15.9. The van der Waals surface area contributed by atoms with E-state index in [1.54, 1.807) is 11.8 Å². The third kappa shape index (κ3) is 4.27. The molecule has 29 heavy (non-hydrogen) atoms. The van der Waals surface area contributed by atoms with Crippen molar-refractivity contribution in [2.24, 2.45) is 0 Å². The van der Waals surface area contributed by atoms with Crippen LogP contribution in [0.1, 0.15) is 29.7 Å². The maximum atomic E-state index is 12.4. The van der Waals surface area contributed by atoms with Crippen LogP contribution in [-0.2, 0) is 20.7 Å². The zero-order valence-corrected chi connectivity index (χ0v) is 16.7. The van der Waals surface area contributed by atoms with E-state index in [4.69, 9.17) is 9.47 Å². The Labute approximate surface area is 171 Å². The van der Waals surface area contributed by atoms with E-state index in [0.717, 1.165) is 17.5 Å². The highest BCUT2D eigenvalue weighted by Crippen LogP contribution is 2.37. The summed E-state index contributed by atoms with van der Waals surface area (Å²) < 4.78 is 11.1. The number of rotatable bonds is 4. The van der Waals surface area contributed by atoms with Gasteiger partial charge in [0.05, 0.1) is 19.3 Å². The van der Waals surface area contributed by atoms with E-state index in [1.165, 1.54) is 5.56 Å². The molecule has 2 heterocycles. The molecule has 152 valence electrons. The third-order valence-corrected chi connectivity index (χ3v) is 5.59. The number of carbonyl (C=O) groups excluding carboxylic acids is 2. The second kappa shape index (κ2) is 8.66. The molecule has 2 amide bonds. The van der Waals surface area contributed by atoms with Gasteiger partial charge in [-0.15, -0.1) is 0 Å². The molecule has 2 aliphatic rings. The van der Waals surface area contributed by atoms with Gasteiger partial charge in [-0.25, -0.2) is 0 Å². The number of benzene rings is 2. The van der Waals surface area contributed by atoms with Crippen molar-refractivity contribution in [1.82, 2.24) is 9.80 Å². The molecule has 2 aromatic carbocycles. The minimum Gasteiger partial charge on any atom is -0.484 e. The largest absolute Gasteiger partial charge is 0.484 e. The zero-order valence-electron chi connectivity index (χ0n) is 16.7. The van der Waals surface area contributed by atoms with Crippen molar-refractivity contribution in [1.29, 1.82) is 0 Å². The Morgan fingerprint density at radius 2 is 1.83 bits per heavy atom. The van der Waals surface area contributed by atoms with Crippen LogP contribution in [0.25, 0.3) is 0 Å². The fourth-order valence-corrected chi connectivity index (χ4v) is 4.07. The number of hydrogen-bond donors (Lipinski definition) is 0. The van der Waals surface area contributed by atoms with E-state index in [0.29, 0.717) is 38.6 Å². The van der Waals surface area contributed by atoms with E-state index in [-0.39, 0.29) is 24.5 Å². The van der Waals surface area contributed by atoms with Gasteiger partial charge < -0.3 is 19.3 Å². The van der Waals surface area contributed by atoms with Crippen LogP contribution in [0.5, 0.6) is 5.75 Å². The van der Waals surface area contributed by atoms with Gasteiger partial charge in [0, 0.05) is 26.6 Å². The van der Waals surface area contributed by atoms with Gasteiger partial charge >= 0.3 is 0 Å². The van der Waals surface area contributed by atoms with Gasteiger partial charge in [0.25, 0.3) is 5.91 Å². The van der Waals surface area contributed by atoms with Crippen LogP contribution < -0.4 is 4.74 Å². The number of morpholine rings is 1. The molecule has 0 aromatic heterocycles. The molecule has 0 bridgehead atoms. The minimum absolute atomic E-state index is 0.00517. The van der Waals surface area contributed by atoms with Crippen LogP contribution in [-0.4, -0.2) is 61.1 Å². The quantitative estimate of drug-likeness (QED) is 0.799. The van der Waals surface area contributed by atoms with Gasteiger partial charge in [-0.3, -0.25) is 9.59 Å². The molecule has 2 aromatic rings. The number of carbonyl (C=O) groups is 2. The van der Waals surface area contributed by atoms with E-state index in [2.05, 4.69) is 6.07 Å². The lowest BCUT2D eigenvalue weighted by atomic mass is 9.88. The second-order valence-corrected chi connectivity index (χ2v) is 7.42. The van der Waals surface area contributed by atoms with E-state index < -0.39 is 0 Å². The molecule has 1 saturated heterocycles. The number of nitrogens with zero attached hydrogens (tertiary/aromatic N) is 2. The maximum absolute atomic E-state index is 12.4. The van der Waals surface area contributed by atoms with E-state index in [9.17, 15) is 9.59 Å². The average Bonchev–Trinajstić information content (AvgIpc) is 2.77. The van der Waals surface area contributed by atoms with Gasteiger partial charge in [-0.1, -0.05) is 36.4 Å². The van der Waals surface area contributed by atoms with Crippen LogP contribution >= 0.6 is 0 Å². The first-order chi connectivity index (χ1) is 14.1. The Balaban J connectivity index is 1.56. The number of fused-ring (bicyclic) bond motifs is 1. The first-order valence-corrected chi connectivity index (χ1v) is 10.1. The molecule has 1 atom stereocenters. The highest BCUT2D eigenvalue weighted by molar-refractivity contribution is 5.78. The van der Waals surface area contributed by atoms with Gasteiger partial charge in [0.2, 0.25) is 5.91 Å². The third-order valence-electron chi connectivity index (χ3n) is 5.59. The molecule has 0 aliphatic carbocycles. The predicted octanol–water partition coefficient (Wildman–Crippen LogP) is 2.42. The Morgan fingerprint density at radius 3 is 2.55 bits per heavy atom. The van der Waals surface area contributed by atoms with Crippen LogP contribution in [0, 0.1) is 0 Å². The molecule has 4 rings (SSSR count). The Kier molecular flexibility index (Phi) is 5.81. The van der Waals surface area contributed by atoms with Crippen LogP contribution in [0.4, 0.5) is 0 Å². The Bertz CT molecular complexity index is 878. The van der Waals surface area contributed by atoms with Gasteiger partial charge in [-0.2, -0.15) is 0 Å². The summed E-state index contributed by atoms with van der Waals surface area (Å²) in [5.74, 6) is 0.672. The monoisotopic (exact) mass is 394 g/mol. The summed E-state index contributed by atoms with van der Waals surface area (Å²) in [6.45, 7) is 4.67. The van der Waals surface area contributed by atoms with Crippen molar-refractivity contribution in [2.75, 3.05) is 39.5 Å². The molecule has 0 spiro atoms. The smallest absolute Gasteiger partial charge is 0.260 e. The fraction of sp³-hybridized carbons (Fsp3) is 0.391. The molecule has 2 aliphatic heterocycles. The SMILES string of the molecule is CC(=O)N1CCc2ccc(OCC(=O)N3CCOCC3)cc2C1c1ccccc1. The van der Waals surface area contributed by atoms with Crippen LogP contribution in [0.3, 0.4) is 0 Å². The molecular weight excluding hydrogens is 368 g/mol. The fourth-order valence-electron chi connectivity index (χ4n) is 4.07. The zero-order chi connectivity index (χ0) is 20.2.